The van der Waals surface area contributed by atoms with Crippen molar-refractivity contribution >= 4 is 11.4 Å². The Balaban J connectivity index is 1.70. The Labute approximate surface area is 198 Å². The van der Waals surface area contributed by atoms with Crippen LogP contribution in [-0.2, 0) is 11.2 Å². The highest BCUT2D eigenvalue weighted by Crippen LogP contribution is 2.44. The number of ether oxygens (including phenoxy) is 1. The second-order valence-electron chi connectivity index (χ2n) is 12.1. The van der Waals surface area contributed by atoms with Gasteiger partial charge in [0.2, 0.25) is 5.78 Å². The van der Waals surface area contributed by atoms with Gasteiger partial charge in [0.25, 0.3) is 0 Å². The average molecular weight is 450 g/mol. The molecule has 0 bridgehead atoms. The Morgan fingerprint density at radius 2 is 1.82 bits per heavy atom. The second-order valence-corrected chi connectivity index (χ2v) is 12.1. The zero-order valence-corrected chi connectivity index (χ0v) is 21.3. The summed E-state index contributed by atoms with van der Waals surface area (Å²) in [5, 5.41) is 0. The zero-order valence-electron chi connectivity index (χ0n) is 21.3. The first-order valence-corrected chi connectivity index (χ1v) is 12.3. The fourth-order valence-corrected chi connectivity index (χ4v) is 5.55. The van der Waals surface area contributed by atoms with Crippen molar-refractivity contribution in [3.05, 3.63) is 52.9 Å². The van der Waals surface area contributed by atoms with Gasteiger partial charge in [0.15, 0.2) is 5.82 Å². The van der Waals surface area contributed by atoms with Gasteiger partial charge in [-0.2, -0.15) is 0 Å². The summed E-state index contributed by atoms with van der Waals surface area (Å²) in [4.78, 5) is 25.5. The molecule has 2 aromatic rings. The highest BCUT2D eigenvalue weighted by Gasteiger charge is 2.40. The van der Waals surface area contributed by atoms with Crippen LogP contribution in [0.3, 0.4) is 0 Å². The van der Waals surface area contributed by atoms with Crippen molar-refractivity contribution in [2.24, 2.45) is 5.41 Å². The molecule has 0 aromatic carbocycles. The molecule has 178 valence electrons. The van der Waals surface area contributed by atoms with E-state index in [0.717, 1.165) is 54.7 Å². The van der Waals surface area contributed by atoms with Crippen LogP contribution in [0.5, 0.6) is 0 Å². The molecule has 1 aliphatic heterocycles. The summed E-state index contributed by atoms with van der Waals surface area (Å²) in [7, 11) is 0. The van der Waals surface area contributed by atoms with E-state index in [1.807, 2.05) is 6.92 Å². The van der Waals surface area contributed by atoms with E-state index < -0.39 is 0 Å². The predicted octanol–water partition coefficient (Wildman–Crippen LogP) is 6.58. The maximum atomic E-state index is 13.0. The Bertz CT molecular complexity index is 1060. The zero-order chi connectivity index (χ0) is 24.0. The number of allylic oxidation sites excluding steroid dienone is 2. The molecule has 5 heteroatoms. The van der Waals surface area contributed by atoms with E-state index in [-0.39, 0.29) is 17.0 Å². The fraction of sp³-hybridized carbons (Fsp3) is 0.607. The van der Waals surface area contributed by atoms with Crippen molar-refractivity contribution in [2.45, 2.75) is 104 Å². The van der Waals surface area contributed by atoms with Crippen LogP contribution < -0.4 is 0 Å². The third-order valence-corrected chi connectivity index (χ3v) is 7.04. The average Bonchev–Trinajstić information content (AvgIpc) is 3.12. The van der Waals surface area contributed by atoms with Gasteiger partial charge >= 0.3 is 0 Å². The molecule has 0 unspecified atom stereocenters. The number of hydrogen-bond acceptors (Lipinski definition) is 4. The van der Waals surface area contributed by atoms with Crippen molar-refractivity contribution in [2.75, 3.05) is 0 Å². The Morgan fingerprint density at radius 3 is 2.39 bits per heavy atom. The molecule has 2 aliphatic rings. The third kappa shape index (κ3) is 5.63. The van der Waals surface area contributed by atoms with Crippen LogP contribution in [0, 0.1) is 12.3 Å². The van der Waals surface area contributed by atoms with E-state index in [1.165, 1.54) is 5.57 Å². The number of aromatic nitrogens is 3. The summed E-state index contributed by atoms with van der Waals surface area (Å²) in [6.07, 6.45) is 9.41. The number of H-pyrrole nitrogens is 1. The summed E-state index contributed by atoms with van der Waals surface area (Å²) >= 11 is 0. The smallest absolute Gasteiger partial charge is 0.202 e. The maximum absolute atomic E-state index is 13.0. The molecule has 5 nitrogen and oxygen atoms in total. The van der Waals surface area contributed by atoms with E-state index in [1.54, 1.807) is 6.20 Å². The largest absolute Gasteiger partial charge is 0.370 e. The molecule has 1 aliphatic carbocycles. The summed E-state index contributed by atoms with van der Waals surface area (Å²) < 4.78 is 6.32. The van der Waals surface area contributed by atoms with Crippen LogP contribution in [0.4, 0.5) is 0 Å². The minimum absolute atomic E-state index is 0.00368. The van der Waals surface area contributed by atoms with Gasteiger partial charge in [0, 0.05) is 29.9 Å². The summed E-state index contributed by atoms with van der Waals surface area (Å²) in [6.45, 7) is 15.2. The predicted molar refractivity (Wildman–Crippen MR) is 132 cm³/mol. The monoisotopic (exact) mass is 449 g/mol. The lowest BCUT2D eigenvalue weighted by atomic mass is 9.76. The second kappa shape index (κ2) is 8.50. The number of Topliss-reactive ketones (excluding diaryl/α,β-unsaturated/α-hetero) is 1. The molecular formula is C28H39N3O2. The quantitative estimate of drug-likeness (QED) is 0.523. The minimum Gasteiger partial charge on any atom is -0.370 e. The highest BCUT2D eigenvalue weighted by atomic mass is 16.5. The number of rotatable bonds is 5. The van der Waals surface area contributed by atoms with Crippen molar-refractivity contribution < 1.29 is 9.53 Å². The number of aryl methyl sites for hydroxylation is 1. The lowest BCUT2D eigenvalue weighted by Gasteiger charge is -2.45. The van der Waals surface area contributed by atoms with Gasteiger partial charge < -0.3 is 9.72 Å². The van der Waals surface area contributed by atoms with E-state index in [0.29, 0.717) is 23.6 Å². The summed E-state index contributed by atoms with van der Waals surface area (Å²) in [6, 6.07) is 4.26. The van der Waals surface area contributed by atoms with Gasteiger partial charge in [-0.05, 0) is 89.3 Å². The number of nitrogens with zero attached hydrogens (tertiary/aromatic N) is 2. The van der Waals surface area contributed by atoms with Gasteiger partial charge in [-0.15, -0.1) is 0 Å². The van der Waals surface area contributed by atoms with Gasteiger partial charge in [0.1, 0.15) is 0 Å². The van der Waals surface area contributed by atoms with Crippen molar-refractivity contribution in [1.29, 1.82) is 0 Å². The van der Waals surface area contributed by atoms with Gasteiger partial charge in [-0.3, -0.25) is 9.78 Å². The van der Waals surface area contributed by atoms with Gasteiger partial charge in [0.05, 0.1) is 16.9 Å². The lowest BCUT2D eigenvalue weighted by molar-refractivity contribution is -0.162. The van der Waals surface area contributed by atoms with E-state index in [2.05, 4.69) is 69.7 Å². The summed E-state index contributed by atoms with van der Waals surface area (Å²) in [5.74, 6) is 0.763. The van der Waals surface area contributed by atoms with Crippen LogP contribution in [0.2, 0.25) is 0 Å². The van der Waals surface area contributed by atoms with Crippen LogP contribution in [0.25, 0.3) is 5.57 Å². The minimum atomic E-state index is -0.186. The lowest BCUT2D eigenvalue weighted by Crippen LogP contribution is -2.44. The molecule has 4 rings (SSSR count). The SMILES string of the molecule is Cc1cnc(C(=O)Cc2ccc(C3CC(C)(C)OC(C)(C)C3)nc2C2=CCC(C)(C)CC2)[nH]1. The third-order valence-electron chi connectivity index (χ3n) is 7.04. The molecule has 33 heavy (non-hydrogen) atoms. The standard InChI is InChI=1S/C28H39N3O2/c1-18-17-29-25(30-18)23(32)14-20-8-9-22(21-15-27(4,5)33-28(6,7)16-21)31-24(20)19-10-12-26(2,3)13-11-19/h8-10,17,21H,11-16H2,1-7H3,(H,29,30). The first kappa shape index (κ1) is 23.9. The first-order valence-electron chi connectivity index (χ1n) is 12.3. The first-order chi connectivity index (χ1) is 15.3. The molecule has 1 N–H and O–H groups in total. The molecule has 2 aromatic heterocycles. The number of aromatic amines is 1. The number of imidazole rings is 1. The molecule has 3 heterocycles. The van der Waals surface area contributed by atoms with Crippen LogP contribution in [-0.4, -0.2) is 31.9 Å². The van der Waals surface area contributed by atoms with Crippen molar-refractivity contribution in [1.82, 2.24) is 15.0 Å². The number of hydrogen-bond donors (Lipinski definition) is 1. The molecule has 0 spiro atoms. The number of carbonyl (C=O) groups excluding carboxylic acids is 1. The topological polar surface area (TPSA) is 67.9 Å². The van der Waals surface area contributed by atoms with E-state index in [9.17, 15) is 4.79 Å². The molecule has 0 amide bonds. The molecule has 0 atom stereocenters. The van der Waals surface area contributed by atoms with E-state index >= 15 is 0 Å². The number of pyridine rings is 1. The Hall–Kier alpha value is -2.27. The number of nitrogens with one attached hydrogen (secondary N) is 1. The number of ketones is 1. The van der Waals surface area contributed by atoms with Crippen LogP contribution in [0.15, 0.2) is 24.4 Å². The van der Waals surface area contributed by atoms with Crippen LogP contribution >= 0.6 is 0 Å². The van der Waals surface area contributed by atoms with Gasteiger partial charge in [-0.25, -0.2) is 4.98 Å². The molecular weight excluding hydrogens is 410 g/mol. The molecule has 1 fully saturated rings. The molecule has 1 saturated heterocycles. The Kier molecular flexibility index (Phi) is 6.15. The van der Waals surface area contributed by atoms with Crippen molar-refractivity contribution in [3.8, 4) is 0 Å². The van der Waals surface area contributed by atoms with Crippen molar-refractivity contribution in [3.63, 3.8) is 0 Å². The molecule has 0 saturated carbocycles. The number of carbonyl (C=O) groups is 1. The van der Waals surface area contributed by atoms with Crippen LogP contribution in [0.1, 0.15) is 113 Å². The molecule has 0 radical (unpaired) electrons. The summed E-state index contributed by atoms with van der Waals surface area (Å²) in [5.41, 5.74) is 5.23. The maximum Gasteiger partial charge on any atom is 0.202 e. The fourth-order valence-electron chi connectivity index (χ4n) is 5.55. The Morgan fingerprint density at radius 1 is 1.12 bits per heavy atom. The van der Waals surface area contributed by atoms with E-state index in [4.69, 9.17) is 9.72 Å². The highest BCUT2D eigenvalue weighted by molar-refractivity contribution is 5.94. The normalized spacial score (nSPS) is 22.1. The van der Waals surface area contributed by atoms with Gasteiger partial charge in [-0.1, -0.05) is 26.0 Å².